The zero-order valence-corrected chi connectivity index (χ0v) is 19.5. The van der Waals surface area contributed by atoms with Gasteiger partial charge in [-0.05, 0) is 0 Å². The van der Waals surface area contributed by atoms with Gasteiger partial charge in [0.15, 0.2) is 0 Å². The van der Waals surface area contributed by atoms with E-state index in [0.717, 1.165) is 64.4 Å². The molecule has 1 heterocycles. The van der Waals surface area contributed by atoms with Crippen LogP contribution in [0.5, 0.6) is 0 Å². The van der Waals surface area contributed by atoms with Gasteiger partial charge in [0.05, 0.1) is 0 Å². The maximum absolute atomic E-state index is 12.3. The normalized spacial score (nSPS) is 31.3. The molecule has 0 radical (unpaired) electrons. The van der Waals surface area contributed by atoms with Crippen molar-refractivity contribution in [2.45, 2.75) is 45.1 Å². The molecule has 0 spiro atoms. The predicted octanol–water partition coefficient (Wildman–Crippen LogP) is 1.08. The molecule has 0 aromatic rings. The van der Waals surface area contributed by atoms with Crippen LogP contribution in [-0.2, 0) is 4.79 Å². The number of hydrogen-bond acceptors (Lipinski definition) is 4. The number of rotatable bonds is 6. The Kier molecular flexibility index (Phi) is 7.90. The average molecular weight is 524 g/mol. The molecular formula is C18H31N4OTl. The topological polar surface area (TPSA) is 70.4 Å². The number of hydrogen-bond donors (Lipinski definition) is 3. The van der Waals surface area contributed by atoms with Gasteiger partial charge in [-0.25, -0.2) is 0 Å². The Labute approximate surface area is 162 Å². The molecule has 2 rings (SSSR count). The van der Waals surface area contributed by atoms with E-state index in [1.165, 1.54) is 12.8 Å². The zero-order valence-electron chi connectivity index (χ0n) is 15.1. The van der Waals surface area contributed by atoms with Crippen LogP contribution < -0.4 is 14.2 Å². The number of allylic oxidation sites excluding steroid dienone is 4. The Morgan fingerprint density at radius 3 is 3.00 bits per heavy atom. The molecule has 1 aliphatic heterocycles. The number of likely N-dealkylation sites (tertiary alicyclic amines) is 1. The predicted molar refractivity (Wildman–Crippen MR) is 99.3 cm³/mol. The summed E-state index contributed by atoms with van der Waals surface area (Å²) in [7, 11) is 0. The van der Waals surface area contributed by atoms with Gasteiger partial charge in [0.25, 0.3) is 0 Å². The molecule has 4 N–H and O–H groups in total. The molecule has 132 valence electrons. The molecule has 1 unspecified atom stereocenters. The molecule has 1 fully saturated rings. The average Bonchev–Trinajstić information content (AvgIpc) is 2.65. The number of carbonyl (C=O) groups is 1. The molecule has 0 aromatic carbocycles. The van der Waals surface area contributed by atoms with Crippen LogP contribution in [0.3, 0.4) is 0 Å². The van der Waals surface area contributed by atoms with E-state index in [1.807, 2.05) is 12.2 Å². The van der Waals surface area contributed by atoms with E-state index >= 15 is 0 Å². The van der Waals surface area contributed by atoms with Crippen LogP contribution in [-0.4, -0.2) is 68.6 Å². The zero-order chi connectivity index (χ0) is 17.6. The summed E-state index contributed by atoms with van der Waals surface area (Å²) in [6, 6.07) is 0. The van der Waals surface area contributed by atoms with Crippen LogP contribution in [0.1, 0.15) is 39.5 Å². The second-order valence-electron chi connectivity index (χ2n) is 7.49. The summed E-state index contributed by atoms with van der Waals surface area (Å²) in [5, 5.41) is 3.07. The second-order valence-corrected chi connectivity index (χ2v) is 9.08. The number of nitrogens with zero attached hydrogens (tertiary/aromatic N) is 1. The molecule has 1 aliphatic carbocycles. The summed E-state index contributed by atoms with van der Waals surface area (Å²) < 4.78 is 3.40. The van der Waals surface area contributed by atoms with Crippen molar-refractivity contribution in [2.24, 2.45) is 17.6 Å². The number of nitrogens with two attached hydrogens (primary N) is 1. The van der Waals surface area contributed by atoms with E-state index < -0.39 is 0 Å². The molecular weight excluding hydrogens is 493 g/mol. The standard InChI is InChI=1S/C18H31N4O.Tl/c1-14-5-3-7-16(11-14)21-17(23)8-10-22-9-4-6-15(2)18(20,12-19)13-22;/h3,5,7,14-15,19H,4,6,8-13,20H2,1-2H3,(H,21,23);/q-1;+1/t14?,15-,18-;/m0./s1. The van der Waals surface area contributed by atoms with Crippen LogP contribution in [0.2, 0.25) is 0 Å². The monoisotopic (exact) mass is 524 g/mol. The Bertz CT molecular complexity index is 493. The van der Waals surface area contributed by atoms with Crippen molar-refractivity contribution in [3.05, 3.63) is 23.9 Å². The van der Waals surface area contributed by atoms with Crippen LogP contribution in [0.15, 0.2) is 23.9 Å². The van der Waals surface area contributed by atoms with Gasteiger partial charge < -0.3 is 0 Å². The van der Waals surface area contributed by atoms with Gasteiger partial charge in [-0.3, -0.25) is 0 Å². The summed E-state index contributed by atoms with van der Waals surface area (Å²) in [5.41, 5.74) is 7.54. The van der Waals surface area contributed by atoms with Gasteiger partial charge in [-0.1, -0.05) is 13.0 Å². The van der Waals surface area contributed by atoms with Crippen molar-refractivity contribution in [1.29, 1.82) is 0 Å². The van der Waals surface area contributed by atoms with E-state index in [0.29, 0.717) is 18.3 Å². The molecule has 6 heteroatoms. The van der Waals surface area contributed by atoms with Crippen molar-refractivity contribution in [2.75, 3.05) is 26.2 Å². The van der Waals surface area contributed by atoms with Crippen molar-refractivity contribution in [1.82, 2.24) is 13.3 Å². The van der Waals surface area contributed by atoms with Crippen molar-refractivity contribution >= 4 is 32.0 Å². The molecule has 1 amide bonds. The number of carbonyl (C=O) groups excluding carboxylic acids is 1. The van der Waals surface area contributed by atoms with E-state index in [1.54, 1.807) is 0 Å². The Hall–Kier alpha value is -0.248. The molecule has 0 saturated carbocycles. The van der Waals surface area contributed by atoms with Gasteiger partial charge in [-0.2, -0.15) is 0 Å². The van der Waals surface area contributed by atoms with Crippen molar-refractivity contribution in [3.8, 4) is 0 Å². The van der Waals surface area contributed by atoms with E-state index in [4.69, 9.17) is 5.73 Å². The second kappa shape index (κ2) is 9.45. The molecule has 5 nitrogen and oxygen atoms in total. The van der Waals surface area contributed by atoms with Gasteiger partial charge in [0, 0.05) is 0 Å². The minimum atomic E-state index is -0.173. The van der Waals surface area contributed by atoms with E-state index in [2.05, 4.69) is 33.3 Å². The molecule has 24 heavy (non-hydrogen) atoms. The number of amides is 1. The summed E-state index contributed by atoms with van der Waals surface area (Å²) in [5.74, 6) is 1.13. The minimum absolute atomic E-state index is 0.117. The van der Waals surface area contributed by atoms with Gasteiger partial charge >= 0.3 is 150 Å². The van der Waals surface area contributed by atoms with Crippen LogP contribution >= 0.6 is 0 Å². The summed E-state index contributed by atoms with van der Waals surface area (Å²) in [6.07, 6.45) is 10.00. The fourth-order valence-electron chi connectivity index (χ4n) is 3.61. The number of nitrogens with one attached hydrogen (secondary N) is 2. The van der Waals surface area contributed by atoms with Gasteiger partial charge in [0.1, 0.15) is 0 Å². The fourth-order valence-corrected chi connectivity index (χ4v) is 5.09. The quantitative estimate of drug-likeness (QED) is 0.456. The summed E-state index contributed by atoms with van der Waals surface area (Å²) in [6.45, 7) is 8.03. The van der Waals surface area contributed by atoms with Crippen molar-refractivity contribution < 1.29 is 4.79 Å². The Balaban J connectivity index is 1.83. The third-order valence-electron chi connectivity index (χ3n) is 5.28. The Morgan fingerprint density at radius 2 is 2.29 bits per heavy atom. The first kappa shape index (κ1) is 20.1. The van der Waals surface area contributed by atoms with E-state index in [9.17, 15) is 4.79 Å². The third kappa shape index (κ3) is 5.93. The van der Waals surface area contributed by atoms with Crippen LogP contribution in [0.25, 0.3) is 0 Å². The summed E-state index contributed by atoms with van der Waals surface area (Å²) in [4.78, 5) is 14.6. The first-order chi connectivity index (χ1) is 11.4. The van der Waals surface area contributed by atoms with Crippen LogP contribution in [0, 0.1) is 11.8 Å². The first-order valence-corrected chi connectivity index (χ1v) is 11.3. The molecule has 0 bridgehead atoms. The van der Waals surface area contributed by atoms with Crippen LogP contribution in [0.4, 0.5) is 0 Å². The molecule has 3 atom stereocenters. The molecule has 0 aromatic heterocycles. The van der Waals surface area contributed by atoms with Gasteiger partial charge in [-0.15, -0.1) is 0 Å². The first-order valence-electron chi connectivity index (χ1n) is 9.05. The van der Waals surface area contributed by atoms with Gasteiger partial charge in [0.2, 0.25) is 0 Å². The molecule has 2 aliphatic rings. The SMILES string of the molecule is CC1C=CC=C(NC(=O)CCN2CCC[C@H](C)[C@](N)(C[NH][Tl])C2)C1. The third-order valence-corrected chi connectivity index (χ3v) is 6.07. The fraction of sp³-hybridized carbons (Fsp3) is 0.722. The summed E-state index contributed by atoms with van der Waals surface area (Å²) >= 11 is 0.769. The molecule has 1 saturated heterocycles. The maximum atomic E-state index is 12.3. The Morgan fingerprint density at radius 1 is 1.50 bits per heavy atom. The van der Waals surface area contributed by atoms with Crippen molar-refractivity contribution in [3.63, 3.8) is 0 Å². The van der Waals surface area contributed by atoms with E-state index in [-0.39, 0.29) is 11.4 Å².